The third-order valence-corrected chi connectivity index (χ3v) is 6.82. The summed E-state index contributed by atoms with van der Waals surface area (Å²) < 4.78 is 24.5. The maximum absolute atomic E-state index is 12.9. The average molecular weight is 402 g/mol. The smallest absolute Gasteiger partial charge is 0.305 e. The zero-order chi connectivity index (χ0) is 20.5. The number of rotatable bonds is 5. The fourth-order valence-corrected chi connectivity index (χ4v) is 5.48. The number of nitro groups is 1. The van der Waals surface area contributed by atoms with Crippen LogP contribution in [-0.4, -0.2) is 25.1 Å². The monoisotopic (exact) mass is 402 g/mol. The first kappa shape index (κ1) is 20.0. The summed E-state index contributed by atoms with van der Waals surface area (Å²) >= 11 is 0. The Morgan fingerprint density at radius 2 is 1.86 bits per heavy atom. The van der Waals surface area contributed by atoms with Crippen LogP contribution >= 0.6 is 0 Å². The summed E-state index contributed by atoms with van der Waals surface area (Å²) in [6.45, 7) is 3.15. The molecule has 3 rings (SSSR count). The van der Waals surface area contributed by atoms with Gasteiger partial charge in [-0.05, 0) is 67.5 Å². The Morgan fingerprint density at radius 1 is 1.21 bits per heavy atom. The van der Waals surface area contributed by atoms with E-state index in [-0.39, 0.29) is 16.7 Å². The second-order valence-electron chi connectivity index (χ2n) is 7.15. The lowest BCUT2D eigenvalue weighted by molar-refractivity contribution is -0.458. The normalized spacial score (nSPS) is 16.3. The van der Waals surface area contributed by atoms with Crippen LogP contribution in [0.1, 0.15) is 41.0 Å². The molecule has 1 atom stereocenters. The third-order valence-electron chi connectivity index (χ3n) is 5.00. The number of aryl methyl sites for hydroxylation is 3. The molecule has 2 aromatic rings. The second kappa shape index (κ2) is 7.71. The van der Waals surface area contributed by atoms with E-state index in [1.165, 1.54) is 5.56 Å². The van der Waals surface area contributed by atoms with E-state index in [1.807, 2.05) is 24.3 Å². The van der Waals surface area contributed by atoms with Gasteiger partial charge < -0.3 is 5.32 Å². The average Bonchev–Trinajstić information content (AvgIpc) is 2.59. The molecule has 0 bridgehead atoms. The van der Waals surface area contributed by atoms with Gasteiger partial charge in [0.15, 0.2) is 0 Å². The van der Waals surface area contributed by atoms with Crippen molar-refractivity contribution in [1.82, 2.24) is 0 Å². The van der Waals surface area contributed by atoms with Crippen LogP contribution in [0.2, 0.25) is 0 Å². The molecule has 0 saturated heterocycles. The SMILES string of the molecule is Cc1cc(NC(=O)C2CCCc3ccccc32)cc(C)c1S(=O)(=O)C[N+](=O)[O-]. The van der Waals surface area contributed by atoms with Gasteiger partial charge in [0.25, 0.3) is 0 Å². The molecule has 1 aliphatic rings. The Morgan fingerprint density at radius 3 is 2.50 bits per heavy atom. The molecular formula is C20H22N2O5S. The maximum Gasteiger partial charge on any atom is 0.305 e. The van der Waals surface area contributed by atoms with Gasteiger partial charge in [0.05, 0.1) is 10.8 Å². The van der Waals surface area contributed by atoms with E-state index in [1.54, 1.807) is 26.0 Å². The van der Waals surface area contributed by atoms with Crippen LogP contribution in [0, 0.1) is 24.0 Å². The molecule has 7 nitrogen and oxygen atoms in total. The Balaban J connectivity index is 1.87. The number of hydrogen-bond acceptors (Lipinski definition) is 5. The highest BCUT2D eigenvalue weighted by Gasteiger charge is 2.28. The van der Waals surface area contributed by atoms with Crippen molar-refractivity contribution >= 4 is 21.4 Å². The number of carbonyl (C=O) groups excluding carboxylic acids is 1. The number of amides is 1. The highest BCUT2D eigenvalue weighted by molar-refractivity contribution is 7.91. The van der Waals surface area contributed by atoms with Crippen molar-refractivity contribution in [2.45, 2.75) is 43.9 Å². The van der Waals surface area contributed by atoms with E-state index in [0.29, 0.717) is 16.8 Å². The predicted molar refractivity (Wildman–Crippen MR) is 106 cm³/mol. The molecular weight excluding hydrogens is 380 g/mol. The van der Waals surface area contributed by atoms with Crippen molar-refractivity contribution in [2.75, 3.05) is 11.2 Å². The summed E-state index contributed by atoms with van der Waals surface area (Å²) in [5.41, 5.74) is 3.46. The standard InChI is InChI=1S/C20H22N2O5S/c1-13-10-16(11-14(2)19(13)28(26,27)12-22(24)25)21-20(23)18-9-5-7-15-6-3-4-8-17(15)18/h3-4,6,8,10-11,18H,5,7,9,12H2,1-2H3,(H,21,23). The molecule has 1 unspecified atom stereocenters. The number of benzene rings is 2. The molecule has 0 fully saturated rings. The number of hydrogen-bond donors (Lipinski definition) is 1. The molecule has 1 amide bonds. The summed E-state index contributed by atoms with van der Waals surface area (Å²) in [5, 5.41) is 13.6. The van der Waals surface area contributed by atoms with Crippen LogP contribution in [0.5, 0.6) is 0 Å². The van der Waals surface area contributed by atoms with Crippen molar-refractivity contribution in [3.63, 3.8) is 0 Å². The number of fused-ring (bicyclic) bond motifs is 1. The van der Waals surface area contributed by atoms with Crippen molar-refractivity contribution in [1.29, 1.82) is 0 Å². The Hall–Kier alpha value is -2.74. The summed E-state index contributed by atoms with van der Waals surface area (Å²) in [4.78, 5) is 22.6. The zero-order valence-electron chi connectivity index (χ0n) is 15.8. The van der Waals surface area contributed by atoms with E-state index in [2.05, 4.69) is 5.32 Å². The lowest BCUT2D eigenvalue weighted by Gasteiger charge is -2.25. The van der Waals surface area contributed by atoms with Crippen molar-refractivity contribution in [3.8, 4) is 0 Å². The van der Waals surface area contributed by atoms with Gasteiger partial charge in [-0.15, -0.1) is 0 Å². The van der Waals surface area contributed by atoms with Crippen LogP contribution in [0.4, 0.5) is 5.69 Å². The number of nitrogens with zero attached hydrogens (tertiary/aromatic N) is 1. The predicted octanol–water partition coefficient (Wildman–Crippen LogP) is 3.37. The highest BCUT2D eigenvalue weighted by atomic mass is 32.2. The first-order valence-electron chi connectivity index (χ1n) is 9.03. The van der Waals surface area contributed by atoms with Crippen LogP contribution in [0.25, 0.3) is 0 Å². The second-order valence-corrected chi connectivity index (χ2v) is 9.04. The molecule has 1 aliphatic carbocycles. The van der Waals surface area contributed by atoms with Gasteiger partial charge in [-0.3, -0.25) is 14.9 Å². The van der Waals surface area contributed by atoms with Gasteiger partial charge in [-0.1, -0.05) is 24.3 Å². The molecule has 0 heterocycles. The summed E-state index contributed by atoms with van der Waals surface area (Å²) in [6.07, 6.45) is 2.66. The largest absolute Gasteiger partial charge is 0.326 e. The number of carbonyl (C=O) groups is 1. The lowest BCUT2D eigenvalue weighted by Crippen LogP contribution is -2.25. The van der Waals surface area contributed by atoms with Gasteiger partial charge in [0.1, 0.15) is 0 Å². The highest BCUT2D eigenvalue weighted by Crippen LogP contribution is 2.33. The van der Waals surface area contributed by atoms with E-state index in [0.717, 1.165) is 24.8 Å². The number of anilines is 1. The van der Waals surface area contributed by atoms with Gasteiger partial charge in [0, 0.05) is 10.6 Å². The van der Waals surface area contributed by atoms with Crippen molar-refractivity contribution in [3.05, 3.63) is 68.8 Å². The van der Waals surface area contributed by atoms with E-state index in [4.69, 9.17) is 0 Å². The van der Waals surface area contributed by atoms with Gasteiger partial charge in [-0.2, -0.15) is 0 Å². The molecule has 8 heteroatoms. The Bertz CT molecular complexity index is 1020. The van der Waals surface area contributed by atoms with E-state index >= 15 is 0 Å². The Labute approximate surface area is 163 Å². The minimum absolute atomic E-state index is 0.0507. The molecule has 28 heavy (non-hydrogen) atoms. The Kier molecular flexibility index (Phi) is 5.51. The van der Waals surface area contributed by atoms with E-state index in [9.17, 15) is 23.3 Å². The minimum atomic E-state index is -4.04. The first-order chi connectivity index (χ1) is 13.2. The molecule has 0 spiro atoms. The van der Waals surface area contributed by atoms with Gasteiger partial charge in [-0.25, -0.2) is 8.42 Å². The number of sulfone groups is 1. The molecule has 2 aromatic carbocycles. The lowest BCUT2D eigenvalue weighted by atomic mass is 9.82. The zero-order valence-corrected chi connectivity index (χ0v) is 16.6. The minimum Gasteiger partial charge on any atom is -0.326 e. The van der Waals surface area contributed by atoms with Crippen molar-refractivity contribution in [2.24, 2.45) is 0 Å². The maximum atomic E-state index is 12.9. The third kappa shape index (κ3) is 4.06. The van der Waals surface area contributed by atoms with Crippen LogP contribution in [0.3, 0.4) is 0 Å². The fourth-order valence-electron chi connectivity index (χ4n) is 3.97. The summed E-state index contributed by atoms with van der Waals surface area (Å²) in [5.74, 6) is -1.53. The van der Waals surface area contributed by atoms with Crippen LogP contribution in [0.15, 0.2) is 41.3 Å². The fraction of sp³-hybridized carbons (Fsp3) is 0.350. The molecule has 0 aliphatic heterocycles. The van der Waals surface area contributed by atoms with Crippen LogP contribution in [-0.2, 0) is 21.1 Å². The molecule has 148 valence electrons. The summed E-state index contributed by atoms with van der Waals surface area (Å²) in [7, 11) is -4.04. The topological polar surface area (TPSA) is 106 Å². The molecule has 0 radical (unpaired) electrons. The van der Waals surface area contributed by atoms with E-state index < -0.39 is 20.6 Å². The van der Waals surface area contributed by atoms with Crippen LogP contribution < -0.4 is 5.32 Å². The molecule has 0 aromatic heterocycles. The van der Waals surface area contributed by atoms with Crippen molar-refractivity contribution < 1.29 is 18.1 Å². The quantitative estimate of drug-likeness (QED) is 0.610. The van der Waals surface area contributed by atoms with Gasteiger partial charge in [0.2, 0.25) is 15.7 Å². The molecule has 0 saturated carbocycles. The van der Waals surface area contributed by atoms with Gasteiger partial charge >= 0.3 is 5.88 Å². The molecule has 1 N–H and O–H groups in total. The number of nitrogens with one attached hydrogen (secondary N) is 1. The summed E-state index contributed by atoms with van der Waals surface area (Å²) in [6, 6.07) is 11.0. The first-order valence-corrected chi connectivity index (χ1v) is 10.7.